The highest BCUT2D eigenvalue weighted by Gasteiger charge is 2.62. The second-order valence-electron chi connectivity index (χ2n) is 7.14. The third-order valence-corrected chi connectivity index (χ3v) is 5.09. The number of hydrogen-bond donors (Lipinski definition) is 2. The summed E-state index contributed by atoms with van der Waals surface area (Å²) in [5, 5.41) is 18.9. The summed E-state index contributed by atoms with van der Waals surface area (Å²) < 4.78 is 5.50. The molecule has 0 aliphatic carbocycles. The van der Waals surface area contributed by atoms with Gasteiger partial charge in [0.2, 0.25) is 0 Å². The van der Waals surface area contributed by atoms with Crippen LogP contribution in [0, 0.1) is 16.0 Å². The van der Waals surface area contributed by atoms with Crippen LogP contribution in [0.1, 0.15) is 25.8 Å². The molecule has 114 valence electrons. The first kappa shape index (κ1) is 13.4. The number of carbonyl (C=O) groups excluding carboxylic acids is 1. The van der Waals surface area contributed by atoms with Gasteiger partial charge in [0.1, 0.15) is 17.7 Å². The maximum absolute atomic E-state index is 12.6. The first-order valence-corrected chi connectivity index (χ1v) is 7.18. The number of nitrogens with zero attached hydrogens (tertiary/aromatic N) is 2. The average molecular weight is 293 g/mol. The van der Waals surface area contributed by atoms with E-state index in [2.05, 4.69) is 9.80 Å². The van der Waals surface area contributed by atoms with Crippen LogP contribution in [-0.4, -0.2) is 47.0 Å². The number of carbonyl (C=O) groups is 1. The lowest BCUT2D eigenvalue weighted by atomic mass is 9.62. The van der Waals surface area contributed by atoms with E-state index in [0.29, 0.717) is 37.7 Å². The first-order valence-electron chi connectivity index (χ1n) is 7.18. The lowest BCUT2D eigenvalue weighted by molar-refractivity contribution is -0.997. The van der Waals surface area contributed by atoms with Crippen LogP contribution in [0.25, 0.3) is 0 Å². The number of piperidine rings is 2. The van der Waals surface area contributed by atoms with Gasteiger partial charge in [-0.05, 0) is 6.07 Å². The van der Waals surface area contributed by atoms with Gasteiger partial charge in [0, 0.05) is 32.2 Å². The summed E-state index contributed by atoms with van der Waals surface area (Å²) in [6.45, 7) is 6.93. The Hall–Kier alpha value is -1.25. The van der Waals surface area contributed by atoms with E-state index in [0.717, 1.165) is 0 Å². The molecule has 4 saturated heterocycles. The zero-order valence-electron chi connectivity index (χ0n) is 12.1. The molecule has 1 unspecified atom stereocenters. The molecule has 7 heteroatoms. The fourth-order valence-corrected chi connectivity index (χ4v) is 4.56. The van der Waals surface area contributed by atoms with Gasteiger partial charge in [-0.15, -0.1) is 0 Å². The highest BCUT2D eigenvalue weighted by molar-refractivity contribution is 5.92. The van der Waals surface area contributed by atoms with Gasteiger partial charge in [0.05, 0.1) is 10.8 Å². The van der Waals surface area contributed by atoms with Crippen molar-refractivity contribution in [3.8, 4) is 0 Å². The Balaban J connectivity index is 1.70. The lowest BCUT2D eigenvalue weighted by Gasteiger charge is -2.64. The Morgan fingerprint density at radius 2 is 1.76 bits per heavy atom. The van der Waals surface area contributed by atoms with Crippen LogP contribution in [0.5, 0.6) is 0 Å². The van der Waals surface area contributed by atoms with Gasteiger partial charge < -0.3 is 9.62 Å². The quantitative estimate of drug-likeness (QED) is 0.741. The van der Waals surface area contributed by atoms with Gasteiger partial charge >= 0.3 is 5.88 Å². The molecule has 2 N–H and O–H groups in total. The van der Waals surface area contributed by atoms with Gasteiger partial charge in [-0.1, -0.05) is 13.8 Å². The normalized spacial score (nSPS) is 46.1. The minimum atomic E-state index is -1.05. The number of furan rings is 1. The van der Waals surface area contributed by atoms with E-state index in [1.807, 2.05) is 13.8 Å². The molecular formula is C14H19N3O4. The summed E-state index contributed by atoms with van der Waals surface area (Å²) in [7, 11) is 0. The number of hydrogen-bond acceptors (Lipinski definition) is 6. The molecular weight excluding hydrogens is 274 g/mol. The summed E-state index contributed by atoms with van der Waals surface area (Å²) in [5.41, 5.74) is -0.631. The maximum atomic E-state index is 12.6. The second kappa shape index (κ2) is 3.93. The monoisotopic (exact) mass is 293 g/mol. The van der Waals surface area contributed by atoms with Crippen molar-refractivity contribution in [3.63, 3.8) is 0 Å². The van der Waals surface area contributed by atoms with Crippen molar-refractivity contribution in [2.24, 2.45) is 10.8 Å². The zero-order valence-corrected chi connectivity index (χ0v) is 12.1. The van der Waals surface area contributed by atoms with Gasteiger partial charge in [-0.3, -0.25) is 14.6 Å². The number of Topliss-reactive ketones (excluding diaryl/α,β-unsaturated/α-hetero) is 1. The van der Waals surface area contributed by atoms with Crippen LogP contribution in [-0.2, 0) is 4.79 Å². The second-order valence-corrected chi connectivity index (χ2v) is 7.14. The average Bonchev–Trinajstić information content (AvgIpc) is 2.84. The van der Waals surface area contributed by atoms with Gasteiger partial charge in [-0.25, -0.2) is 5.21 Å². The molecule has 4 fully saturated rings. The number of ketones is 1. The zero-order chi connectivity index (χ0) is 15.0. The van der Waals surface area contributed by atoms with Gasteiger partial charge in [-0.2, -0.15) is 5.23 Å². The Morgan fingerprint density at radius 1 is 1.24 bits per heavy atom. The molecule has 7 nitrogen and oxygen atoms in total. The highest BCUT2D eigenvalue weighted by atomic mass is 16.8. The van der Waals surface area contributed by atoms with Crippen LogP contribution >= 0.6 is 0 Å². The van der Waals surface area contributed by atoms with Gasteiger partial charge in [0.25, 0.3) is 0 Å². The molecule has 0 aromatic carbocycles. The summed E-state index contributed by atoms with van der Waals surface area (Å²) >= 11 is 0. The van der Waals surface area contributed by atoms with E-state index >= 15 is 0 Å². The van der Waals surface area contributed by atoms with Crippen molar-refractivity contribution in [2.45, 2.75) is 20.0 Å². The van der Waals surface area contributed by atoms with Crippen LogP contribution < -0.4 is 5.23 Å². The molecule has 4 bridgehead atoms. The topological polar surface area (TPSA) is 84.4 Å². The third-order valence-electron chi connectivity index (χ3n) is 5.09. The highest BCUT2D eigenvalue weighted by Crippen LogP contribution is 2.52. The molecule has 1 aromatic rings. The predicted octanol–water partition coefficient (Wildman–Crippen LogP) is -0.0919. The summed E-state index contributed by atoms with van der Waals surface area (Å²) in [6.07, 6.45) is -0.0488. The molecule has 0 saturated carbocycles. The van der Waals surface area contributed by atoms with Crippen LogP contribution in [0.4, 0.5) is 5.88 Å². The van der Waals surface area contributed by atoms with Crippen molar-refractivity contribution in [2.75, 3.05) is 26.2 Å². The fourth-order valence-electron chi connectivity index (χ4n) is 4.56. The van der Waals surface area contributed by atoms with Crippen molar-refractivity contribution in [1.29, 1.82) is 0 Å². The minimum absolute atomic E-state index is 0.0327. The van der Waals surface area contributed by atoms with E-state index in [1.54, 1.807) is 6.07 Å². The van der Waals surface area contributed by atoms with E-state index < -0.39 is 5.23 Å². The third kappa shape index (κ3) is 1.69. The molecule has 0 radical (unpaired) electrons. The molecule has 1 aromatic heterocycles. The van der Waals surface area contributed by atoms with Crippen LogP contribution in [0.15, 0.2) is 16.5 Å². The van der Waals surface area contributed by atoms with E-state index in [1.165, 1.54) is 6.07 Å². The summed E-state index contributed by atoms with van der Waals surface area (Å²) in [6, 6.07) is 3.24. The van der Waals surface area contributed by atoms with Gasteiger partial charge in [0.15, 0.2) is 0 Å². The number of rotatable bonds is 2. The Labute approximate surface area is 122 Å². The summed E-state index contributed by atoms with van der Waals surface area (Å²) in [5.74, 6) is 0.993. The fraction of sp³-hybridized carbons (Fsp3) is 0.643. The number of quaternary nitrogens is 1. The van der Waals surface area contributed by atoms with Crippen molar-refractivity contribution < 1.29 is 19.6 Å². The standard InChI is InChI=1S/C14H19N3O4/c1-13-5-15-7-14(2,12(13)18)8-16(6-13)11(15)9-3-4-10(21-9)17(19)20/h3-4,11,17,19H,5-8H2,1-2H3. The molecule has 5 heterocycles. The largest absolute Gasteiger partial charge is 0.592 e. The SMILES string of the molecule is CC12CN3CC(C)(CN(C1)C3c1ccc([NH+]([O-])O)o1)C2=O. The van der Waals surface area contributed by atoms with Crippen LogP contribution in [0.2, 0.25) is 0 Å². The molecule has 21 heavy (non-hydrogen) atoms. The van der Waals surface area contributed by atoms with Crippen molar-refractivity contribution in [3.05, 3.63) is 23.1 Å². The van der Waals surface area contributed by atoms with E-state index in [-0.39, 0.29) is 22.9 Å². The molecule has 4 aliphatic rings. The molecule has 4 aliphatic heterocycles. The number of nitrogens with one attached hydrogen (secondary N) is 1. The molecule has 5 rings (SSSR count). The Bertz CT molecular complexity index is 571. The molecule has 0 amide bonds. The molecule has 0 spiro atoms. The Morgan fingerprint density at radius 3 is 2.19 bits per heavy atom. The summed E-state index contributed by atoms with van der Waals surface area (Å²) in [4.78, 5) is 17.1. The predicted molar refractivity (Wildman–Crippen MR) is 71.6 cm³/mol. The lowest BCUT2D eigenvalue weighted by Crippen LogP contribution is -2.99. The minimum Gasteiger partial charge on any atom is -0.592 e. The molecule has 1 atom stereocenters. The van der Waals surface area contributed by atoms with E-state index in [4.69, 9.17) is 9.62 Å². The van der Waals surface area contributed by atoms with E-state index in [9.17, 15) is 10.0 Å². The Kier molecular flexibility index (Phi) is 2.51. The smallest absolute Gasteiger partial charge is 0.328 e. The first-order chi connectivity index (χ1) is 9.82. The van der Waals surface area contributed by atoms with Crippen molar-refractivity contribution >= 4 is 11.7 Å². The van der Waals surface area contributed by atoms with Crippen LogP contribution in [0.3, 0.4) is 0 Å². The van der Waals surface area contributed by atoms with Crippen molar-refractivity contribution in [1.82, 2.24) is 9.80 Å². The maximum Gasteiger partial charge on any atom is 0.328 e.